The Kier molecular flexibility index (Phi) is 4.78. The molecule has 0 bridgehead atoms. The number of carbonyl (C=O) groups excluding carboxylic acids is 1. The van der Waals surface area contributed by atoms with Crippen molar-refractivity contribution in [2.24, 2.45) is 0 Å². The molecule has 18 heavy (non-hydrogen) atoms. The number of carbonyl (C=O) groups is 1. The molecule has 0 saturated heterocycles. The molecule has 5 nitrogen and oxygen atoms in total. The predicted molar refractivity (Wildman–Crippen MR) is 72.5 cm³/mol. The maximum atomic E-state index is 12.3. The van der Waals surface area contributed by atoms with Crippen LogP contribution in [0.3, 0.4) is 0 Å². The largest absolute Gasteiger partial charge is 0.397 e. The Bertz CT molecular complexity index is 410. The Hall–Kier alpha value is -1.49. The van der Waals surface area contributed by atoms with Gasteiger partial charge in [-0.25, -0.2) is 0 Å². The molecule has 3 N–H and O–H groups in total. The second kappa shape index (κ2) is 5.91. The predicted octanol–water partition coefficient (Wildman–Crippen LogP) is 1.49. The molecule has 0 radical (unpaired) electrons. The third-order valence-corrected chi connectivity index (χ3v) is 2.87. The highest BCUT2D eigenvalue weighted by atomic mass is 16.3. The number of rotatable bonds is 5. The Morgan fingerprint density at radius 3 is 2.61 bits per heavy atom. The zero-order chi connectivity index (χ0) is 13.9. The molecule has 1 amide bonds. The van der Waals surface area contributed by atoms with Crippen LogP contribution in [0, 0.1) is 0 Å². The van der Waals surface area contributed by atoms with Gasteiger partial charge in [-0.15, -0.1) is 0 Å². The molecule has 0 aliphatic carbocycles. The topological polar surface area (TPSA) is 71.5 Å². The number of anilines is 1. The summed E-state index contributed by atoms with van der Waals surface area (Å²) < 4.78 is 1.87. The molecular formula is C13H23N3O2. The van der Waals surface area contributed by atoms with Crippen LogP contribution in [-0.4, -0.2) is 40.2 Å². The van der Waals surface area contributed by atoms with Crippen molar-refractivity contribution in [3.63, 3.8) is 0 Å². The quantitative estimate of drug-likeness (QED) is 0.835. The maximum Gasteiger partial charge on any atom is 0.270 e. The average Bonchev–Trinajstić information content (AvgIpc) is 2.67. The molecule has 0 spiro atoms. The molecule has 5 heteroatoms. The Labute approximate surface area is 108 Å². The summed E-state index contributed by atoms with van der Waals surface area (Å²) in [5.41, 5.74) is 6.93. The fourth-order valence-corrected chi connectivity index (χ4v) is 1.78. The van der Waals surface area contributed by atoms with Crippen LogP contribution in [-0.2, 0) is 0 Å². The van der Waals surface area contributed by atoms with Crippen molar-refractivity contribution in [1.82, 2.24) is 9.47 Å². The van der Waals surface area contributed by atoms with Crippen molar-refractivity contribution < 1.29 is 9.90 Å². The Balaban J connectivity index is 2.83. The highest BCUT2D eigenvalue weighted by Gasteiger charge is 2.18. The fourth-order valence-electron chi connectivity index (χ4n) is 1.78. The average molecular weight is 253 g/mol. The summed E-state index contributed by atoms with van der Waals surface area (Å²) in [6.45, 7) is 6.25. The molecule has 0 fully saturated rings. The number of aliphatic hydroxyl groups is 1. The van der Waals surface area contributed by atoms with E-state index in [4.69, 9.17) is 5.73 Å². The van der Waals surface area contributed by atoms with E-state index < -0.39 is 6.10 Å². The third-order valence-electron chi connectivity index (χ3n) is 2.87. The van der Waals surface area contributed by atoms with E-state index in [9.17, 15) is 9.90 Å². The molecule has 1 unspecified atom stereocenters. The normalized spacial score (nSPS) is 12.8. The lowest BCUT2D eigenvalue weighted by molar-refractivity contribution is 0.0757. The van der Waals surface area contributed by atoms with Gasteiger partial charge >= 0.3 is 0 Å². The van der Waals surface area contributed by atoms with Crippen molar-refractivity contribution in [2.45, 2.75) is 39.3 Å². The van der Waals surface area contributed by atoms with Crippen molar-refractivity contribution in [2.75, 3.05) is 19.3 Å². The lowest BCUT2D eigenvalue weighted by atomic mass is 10.2. The zero-order valence-corrected chi connectivity index (χ0v) is 11.6. The first kappa shape index (κ1) is 14.6. The van der Waals surface area contributed by atoms with Gasteiger partial charge in [0, 0.05) is 25.8 Å². The molecule has 1 atom stereocenters. The van der Waals surface area contributed by atoms with Gasteiger partial charge in [-0.05, 0) is 33.3 Å². The minimum atomic E-state index is -0.401. The second-order valence-electron chi connectivity index (χ2n) is 5.02. The summed E-state index contributed by atoms with van der Waals surface area (Å²) in [6, 6.07) is 1.88. The number of hydrogen-bond acceptors (Lipinski definition) is 3. The van der Waals surface area contributed by atoms with Crippen LogP contribution in [0.25, 0.3) is 0 Å². The molecule has 1 heterocycles. The molecule has 0 aliphatic heterocycles. The molecule has 102 valence electrons. The van der Waals surface area contributed by atoms with Gasteiger partial charge in [0.1, 0.15) is 5.69 Å². The van der Waals surface area contributed by atoms with Gasteiger partial charge in [0.2, 0.25) is 0 Å². The van der Waals surface area contributed by atoms with Gasteiger partial charge in [-0.2, -0.15) is 0 Å². The molecular weight excluding hydrogens is 230 g/mol. The van der Waals surface area contributed by atoms with Crippen LogP contribution in [0.2, 0.25) is 0 Å². The van der Waals surface area contributed by atoms with Crippen molar-refractivity contribution in [1.29, 1.82) is 0 Å². The first-order chi connectivity index (χ1) is 8.32. The van der Waals surface area contributed by atoms with E-state index in [1.165, 1.54) is 0 Å². The molecule has 0 saturated carbocycles. The first-order valence-corrected chi connectivity index (χ1v) is 6.23. The summed E-state index contributed by atoms with van der Waals surface area (Å²) in [5, 5.41) is 9.24. The van der Waals surface area contributed by atoms with E-state index in [1.54, 1.807) is 31.1 Å². The van der Waals surface area contributed by atoms with Gasteiger partial charge < -0.3 is 20.3 Å². The number of aliphatic hydroxyl groups excluding tert-OH is 1. The Morgan fingerprint density at radius 2 is 2.11 bits per heavy atom. The maximum absolute atomic E-state index is 12.3. The summed E-state index contributed by atoms with van der Waals surface area (Å²) >= 11 is 0. The van der Waals surface area contributed by atoms with E-state index in [0.717, 1.165) is 0 Å². The third kappa shape index (κ3) is 3.50. The highest BCUT2D eigenvalue weighted by molar-refractivity contribution is 5.93. The molecule has 1 aromatic heterocycles. The molecule has 0 aliphatic rings. The van der Waals surface area contributed by atoms with Gasteiger partial charge in [-0.1, -0.05) is 0 Å². The smallest absolute Gasteiger partial charge is 0.270 e. The number of aromatic nitrogens is 1. The zero-order valence-electron chi connectivity index (χ0n) is 11.6. The number of nitrogen functional groups attached to an aromatic ring is 1. The van der Waals surface area contributed by atoms with Gasteiger partial charge in [0.25, 0.3) is 5.91 Å². The molecule has 1 aromatic rings. The Morgan fingerprint density at radius 1 is 1.50 bits per heavy atom. The van der Waals surface area contributed by atoms with Gasteiger partial charge in [0.05, 0.1) is 11.8 Å². The number of nitrogens with zero attached hydrogens (tertiary/aromatic N) is 2. The van der Waals surface area contributed by atoms with E-state index in [-0.39, 0.29) is 11.9 Å². The van der Waals surface area contributed by atoms with E-state index >= 15 is 0 Å². The van der Waals surface area contributed by atoms with Crippen LogP contribution in [0.4, 0.5) is 5.69 Å². The molecule has 0 aromatic carbocycles. The summed E-state index contributed by atoms with van der Waals surface area (Å²) in [4.78, 5) is 13.9. The van der Waals surface area contributed by atoms with E-state index in [1.807, 2.05) is 18.4 Å². The number of nitrogens with two attached hydrogens (primary N) is 1. The standard InChI is InChI=1S/C13H23N3O2/c1-9(2)16-8-11(14)7-12(16)13(18)15(4)6-5-10(3)17/h7-10,17H,5-6,14H2,1-4H3. The minimum Gasteiger partial charge on any atom is -0.397 e. The van der Waals surface area contributed by atoms with Crippen LogP contribution in [0.15, 0.2) is 12.3 Å². The first-order valence-electron chi connectivity index (χ1n) is 6.23. The van der Waals surface area contributed by atoms with Gasteiger partial charge in [-0.3, -0.25) is 4.79 Å². The molecule has 1 rings (SSSR count). The summed E-state index contributed by atoms with van der Waals surface area (Å²) in [6.07, 6.45) is 1.95. The lowest BCUT2D eigenvalue weighted by Crippen LogP contribution is -2.31. The lowest BCUT2D eigenvalue weighted by Gasteiger charge is -2.20. The van der Waals surface area contributed by atoms with Gasteiger partial charge in [0.15, 0.2) is 0 Å². The monoisotopic (exact) mass is 253 g/mol. The fraction of sp³-hybridized carbons (Fsp3) is 0.615. The van der Waals surface area contributed by atoms with Crippen LogP contribution < -0.4 is 5.73 Å². The highest BCUT2D eigenvalue weighted by Crippen LogP contribution is 2.18. The summed E-state index contributed by atoms with van der Waals surface area (Å²) in [7, 11) is 1.73. The van der Waals surface area contributed by atoms with Crippen LogP contribution >= 0.6 is 0 Å². The van der Waals surface area contributed by atoms with E-state index in [0.29, 0.717) is 24.3 Å². The van der Waals surface area contributed by atoms with Crippen molar-refractivity contribution in [3.8, 4) is 0 Å². The number of hydrogen-bond donors (Lipinski definition) is 2. The van der Waals surface area contributed by atoms with Crippen LogP contribution in [0.5, 0.6) is 0 Å². The van der Waals surface area contributed by atoms with Crippen molar-refractivity contribution >= 4 is 11.6 Å². The summed E-state index contributed by atoms with van der Waals surface area (Å²) in [5.74, 6) is -0.0685. The minimum absolute atomic E-state index is 0.0685. The second-order valence-corrected chi connectivity index (χ2v) is 5.02. The number of amides is 1. The SMILES string of the molecule is CC(O)CCN(C)C(=O)c1cc(N)cn1C(C)C. The van der Waals surface area contributed by atoms with Crippen molar-refractivity contribution in [3.05, 3.63) is 18.0 Å². The van der Waals surface area contributed by atoms with Crippen LogP contribution in [0.1, 0.15) is 43.7 Å². The van der Waals surface area contributed by atoms with E-state index in [2.05, 4.69) is 0 Å².